The summed E-state index contributed by atoms with van der Waals surface area (Å²) in [7, 11) is 0. The number of carbonyl (C=O) groups excluding carboxylic acids is 2. The molecule has 2 aromatic carbocycles. The molecule has 0 radical (unpaired) electrons. The predicted octanol–water partition coefficient (Wildman–Crippen LogP) is 2.14. The standard InChI is InChI=1S/C18H17N3O4/c1-2-25-17(23)12-7-3-4-8-13(12)19-16(22)11-21-15-10-6-5-9-14(15)20-18(21)24/h3-10H,2,11H2,1H3,(H,19,22)(H,20,24). The summed E-state index contributed by atoms with van der Waals surface area (Å²) in [6, 6.07) is 13.7. The lowest BCUT2D eigenvalue weighted by Gasteiger charge is -2.10. The van der Waals surface area contributed by atoms with Gasteiger partial charge in [0, 0.05) is 0 Å². The number of anilines is 1. The number of rotatable bonds is 5. The van der Waals surface area contributed by atoms with E-state index in [1.807, 2.05) is 0 Å². The van der Waals surface area contributed by atoms with Crippen molar-refractivity contribution in [2.75, 3.05) is 11.9 Å². The van der Waals surface area contributed by atoms with Gasteiger partial charge in [-0.1, -0.05) is 24.3 Å². The number of ether oxygens (including phenoxy) is 1. The van der Waals surface area contributed by atoms with Crippen LogP contribution >= 0.6 is 0 Å². The first-order valence-electron chi connectivity index (χ1n) is 7.83. The quantitative estimate of drug-likeness (QED) is 0.697. The second kappa shape index (κ2) is 7.04. The number of aromatic nitrogens is 2. The molecule has 25 heavy (non-hydrogen) atoms. The van der Waals surface area contributed by atoms with Crippen LogP contribution in [-0.2, 0) is 16.1 Å². The minimum Gasteiger partial charge on any atom is -0.462 e. The molecule has 1 amide bonds. The van der Waals surface area contributed by atoms with Crippen LogP contribution in [0.2, 0.25) is 0 Å². The fourth-order valence-corrected chi connectivity index (χ4v) is 2.58. The van der Waals surface area contributed by atoms with Gasteiger partial charge in [0.25, 0.3) is 0 Å². The van der Waals surface area contributed by atoms with E-state index in [1.54, 1.807) is 55.5 Å². The Labute approximate surface area is 143 Å². The first kappa shape index (κ1) is 16.5. The van der Waals surface area contributed by atoms with Crippen LogP contribution in [0.4, 0.5) is 5.69 Å². The first-order valence-corrected chi connectivity index (χ1v) is 7.83. The van der Waals surface area contributed by atoms with Gasteiger partial charge in [0.05, 0.1) is 28.9 Å². The van der Waals surface area contributed by atoms with E-state index in [1.165, 1.54) is 4.57 Å². The van der Waals surface area contributed by atoms with Crippen LogP contribution in [0.3, 0.4) is 0 Å². The molecule has 2 N–H and O–H groups in total. The summed E-state index contributed by atoms with van der Waals surface area (Å²) in [6.07, 6.45) is 0. The van der Waals surface area contributed by atoms with E-state index < -0.39 is 11.9 Å². The molecule has 3 rings (SSSR count). The molecule has 3 aromatic rings. The molecule has 7 nitrogen and oxygen atoms in total. The normalized spacial score (nSPS) is 10.6. The largest absolute Gasteiger partial charge is 0.462 e. The van der Waals surface area contributed by atoms with Crippen LogP contribution in [0, 0.1) is 0 Å². The molecule has 0 aliphatic heterocycles. The van der Waals surface area contributed by atoms with Crippen molar-refractivity contribution < 1.29 is 14.3 Å². The summed E-state index contributed by atoms with van der Waals surface area (Å²) in [4.78, 5) is 39.1. The van der Waals surface area contributed by atoms with E-state index in [2.05, 4.69) is 10.3 Å². The van der Waals surface area contributed by atoms with Crippen LogP contribution < -0.4 is 11.0 Å². The number of aromatic amines is 1. The molecular formula is C18H17N3O4. The maximum atomic E-state index is 12.4. The van der Waals surface area contributed by atoms with E-state index in [0.717, 1.165) is 0 Å². The zero-order valence-corrected chi connectivity index (χ0v) is 13.6. The third-order valence-electron chi connectivity index (χ3n) is 3.68. The molecule has 0 fully saturated rings. The second-order valence-electron chi connectivity index (χ2n) is 5.35. The van der Waals surface area contributed by atoms with Crippen molar-refractivity contribution >= 4 is 28.6 Å². The Morgan fingerprint density at radius 3 is 2.64 bits per heavy atom. The van der Waals surface area contributed by atoms with Crippen LogP contribution in [0.15, 0.2) is 53.3 Å². The number of nitrogens with one attached hydrogen (secondary N) is 2. The highest BCUT2D eigenvalue weighted by Crippen LogP contribution is 2.16. The number of para-hydroxylation sites is 3. The minimum absolute atomic E-state index is 0.167. The number of imidazole rings is 1. The molecule has 0 saturated carbocycles. The predicted molar refractivity (Wildman–Crippen MR) is 93.6 cm³/mol. The van der Waals surface area contributed by atoms with Crippen molar-refractivity contribution in [1.82, 2.24) is 9.55 Å². The molecule has 0 aliphatic carbocycles. The highest BCUT2D eigenvalue weighted by molar-refractivity contribution is 6.01. The number of carbonyl (C=O) groups is 2. The van der Waals surface area contributed by atoms with Gasteiger partial charge in [-0.05, 0) is 31.2 Å². The lowest BCUT2D eigenvalue weighted by Crippen LogP contribution is -2.26. The van der Waals surface area contributed by atoms with E-state index in [4.69, 9.17) is 4.74 Å². The number of hydrogen-bond donors (Lipinski definition) is 2. The number of esters is 1. The van der Waals surface area contributed by atoms with Crippen LogP contribution in [0.1, 0.15) is 17.3 Å². The van der Waals surface area contributed by atoms with Gasteiger partial charge in [0.1, 0.15) is 6.54 Å². The van der Waals surface area contributed by atoms with Crippen molar-refractivity contribution in [2.45, 2.75) is 13.5 Å². The average Bonchev–Trinajstić information content (AvgIpc) is 2.91. The number of fused-ring (bicyclic) bond motifs is 1. The Hall–Kier alpha value is -3.35. The van der Waals surface area contributed by atoms with Crippen molar-refractivity contribution in [3.05, 3.63) is 64.6 Å². The highest BCUT2D eigenvalue weighted by Gasteiger charge is 2.15. The summed E-state index contributed by atoms with van der Waals surface area (Å²) < 4.78 is 6.33. The number of amides is 1. The van der Waals surface area contributed by atoms with Crippen LogP contribution in [0.5, 0.6) is 0 Å². The Balaban J connectivity index is 1.83. The van der Waals surface area contributed by atoms with Crippen molar-refractivity contribution in [1.29, 1.82) is 0 Å². The Morgan fingerprint density at radius 2 is 1.84 bits per heavy atom. The van der Waals surface area contributed by atoms with Crippen molar-refractivity contribution in [3.63, 3.8) is 0 Å². The zero-order chi connectivity index (χ0) is 17.8. The molecule has 0 atom stereocenters. The van der Waals surface area contributed by atoms with Crippen LogP contribution in [0.25, 0.3) is 11.0 Å². The zero-order valence-electron chi connectivity index (χ0n) is 13.6. The first-order chi connectivity index (χ1) is 12.1. The summed E-state index contributed by atoms with van der Waals surface area (Å²) >= 11 is 0. The Morgan fingerprint density at radius 1 is 1.12 bits per heavy atom. The maximum absolute atomic E-state index is 12.4. The number of H-pyrrole nitrogens is 1. The summed E-state index contributed by atoms with van der Waals surface area (Å²) in [5.74, 6) is -0.925. The van der Waals surface area contributed by atoms with Gasteiger partial charge in [-0.25, -0.2) is 9.59 Å². The molecule has 0 bridgehead atoms. The van der Waals surface area contributed by atoms with Gasteiger partial charge >= 0.3 is 11.7 Å². The lowest BCUT2D eigenvalue weighted by molar-refractivity contribution is -0.116. The van der Waals surface area contributed by atoms with Crippen LogP contribution in [-0.4, -0.2) is 28.0 Å². The maximum Gasteiger partial charge on any atom is 0.340 e. The Kier molecular flexibility index (Phi) is 4.65. The monoisotopic (exact) mass is 339 g/mol. The fourth-order valence-electron chi connectivity index (χ4n) is 2.58. The molecule has 0 aliphatic rings. The second-order valence-corrected chi connectivity index (χ2v) is 5.35. The van der Waals surface area contributed by atoms with Crippen molar-refractivity contribution in [2.24, 2.45) is 0 Å². The molecule has 0 saturated heterocycles. The lowest BCUT2D eigenvalue weighted by atomic mass is 10.2. The number of benzene rings is 2. The summed E-state index contributed by atoms with van der Waals surface area (Å²) in [5.41, 5.74) is 1.55. The molecule has 0 spiro atoms. The van der Waals surface area contributed by atoms with E-state index in [0.29, 0.717) is 16.7 Å². The summed E-state index contributed by atoms with van der Waals surface area (Å²) in [5, 5.41) is 2.67. The minimum atomic E-state index is -0.511. The van der Waals surface area contributed by atoms with E-state index in [-0.39, 0.29) is 24.4 Å². The van der Waals surface area contributed by atoms with Gasteiger partial charge < -0.3 is 15.0 Å². The van der Waals surface area contributed by atoms with Gasteiger partial charge in [-0.2, -0.15) is 0 Å². The smallest absolute Gasteiger partial charge is 0.340 e. The molecule has 128 valence electrons. The average molecular weight is 339 g/mol. The van der Waals surface area contributed by atoms with Gasteiger partial charge in [0.2, 0.25) is 5.91 Å². The van der Waals surface area contributed by atoms with Gasteiger partial charge in [-0.15, -0.1) is 0 Å². The third-order valence-corrected chi connectivity index (χ3v) is 3.68. The highest BCUT2D eigenvalue weighted by atomic mass is 16.5. The van der Waals surface area contributed by atoms with Gasteiger partial charge in [0.15, 0.2) is 0 Å². The van der Waals surface area contributed by atoms with E-state index >= 15 is 0 Å². The molecule has 0 unspecified atom stereocenters. The SMILES string of the molecule is CCOC(=O)c1ccccc1NC(=O)Cn1c(=O)[nH]c2ccccc21. The fraction of sp³-hybridized carbons (Fsp3) is 0.167. The number of nitrogens with zero attached hydrogens (tertiary/aromatic N) is 1. The summed E-state index contributed by atoms with van der Waals surface area (Å²) in [6.45, 7) is 1.79. The molecule has 7 heteroatoms. The van der Waals surface area contributed by atoms with Crippen molar-refractivity contribution in [3.8, 4) is 0 Å². The molecular weight excluding hydrogens is 322 g/mol. The molecule has 1 heterocycles. The Bertz CT molecular complexity index is 987. The van der Waals surface area contributed by atoms with E-state index in [9.17, 15) is 14.4 Å². The number of hydrogen-bond acceptors (Lipinski definition) is 4. The topological polar surface area (TPSA) is 93.2 Å². The third kappa shape index (κ3) is 3.45. The van der Waals surface area contributed by atoms with Gasteiger partial charge in [-0.3, -0.25) is 9.36 Å². The molecule has 1 aromatic heterocycles.